The van der Waals surface area contributed by atoms with E-state index in [2.05, 4.69) is 10.6 Å². The van der Waals surface area contributed by atoms with Gasteiger partial charge in [-0.2, -0.15) is 0 Å². The topological polar surface area (TPSA) is 68.8 Å². The van der Waals surface area contributed by atoms with Crippen molar-refractivity contribution in [3.8, 4) is 17.2 Å². The average Bonchev–Trinajstić information content (AvgIpc) is 2.50. The number of benzene rings is 1. The van der Waals surface area contributed by atoms with Crippen molar-refractivity contribution in [2.45, 2.75) is 47.1 Å². The van der Waals surface area contributed by atoms with Crippen LogP contribution >= 0.6 is 0 Å². The molecule has 1 aromatic carbocycles. The highest BCUT2D eigenvalue weighted by Crippen LogP contribution is 2.40. The number of ether oxygens (including phenoxy) is 3. The van der Waals surface area contributed by atoms with Gasteiger partial charge < -0.3 is 24.8 Å². The number of anilines is 1. The van der Waals surface area contributed by atoms with E-state index in [9.17, 15) is 4.79 Å². The minimum atomic E-state index is -0.256. The molecule has 1 unspecified atom stereocenters. The zero-order valence-electron chi connectivity index (χ0n) is 14.7. The van der Waals surface area contributed by atoms with Crippen molar-refractivity contribution in [2.75, 3.05) is 25.1 Å². The molecule has 2 amide bonds. The second kappa shape index (κ2) is 9.82. The Labute approximate surface area is 138 Å². The summed E-state index contributed by atoms with van der Waals surface area (Å²) in [6.07, 6.45) is 0.866. The fourth-order valence-corrected chi connectivity index (χ4v) is 1.95. The molecule has 0 aliphatic rings. The Morgan fingerprint density at radius 3 is 1.96 bits per heavy atom. The molecule has 0 aliphatic carbocycles. The highest BCUT2D eigenvalue weighted by atomic mass is 16.5. The minimum absolute atomic E-state index is 0.107. The lowest BCUT2D eigenvalue weighted by atomic mass is 10.2. The molecule has 0 aromatic heterocycles. The number of rotatable bonds is 9. The van der Waals surface area contributed by atoms with Crippen LogP contribution in [0.25, 0.3) is 0 Å². The molecule has 6 heteroatoms. The summed E-state index contributed by atoms with van der Waals surface area (Å²) >= 11 is 0. The van der Waals surface area contributed by atoms with Crippen LogP contribution in [0.5, 0.6) is 17.2 Å². The van der Waals surface area contributed by atoms with E-state index in [-0.39, 0.29) is 12.1 Å². The number of hydrogen-bond acceptors (Lipinski definition) is 4. The average molecular weight is 324 g/mol. The monoisotopic (exact) mass is 324 g/mol. The first-order chi connectivity index (χ1) is 11.0. The van der Waals surface area contributed by atoms with Gasteiger partial charge in [-0.15, -0.1) is 0 Å². The van der Waals surface area contributed by atoms with E-state index in [1.807, 2.05) is 34.6 Å². The zero-order chi connectivity index (χ0) is 17.2. The summed E-state index contributed by atoms with van der Waals surface area (Å²) in [6, 6.07) is 3.34. The molecular weight excluding hydrogens is 296 g/mol. The highest BCUT2D eigenvalue weighted by Gasteiger charge is 2.16. The molecule has 0 saturated carbocycles. The molecular formula is C17H28N2O4. The summed E-state index contributed by atoms with van der Waals surface area (Å²) in [5.74, 6) is 1.67. The first-order valence-electron chi connectivity index (χ1n) is 8.19. The number of carbonyl (C=O) groups is 1. The number of urea groups is 1. The Kier molecular flexibility index (Phi) is 8.08. The molecule has 1 aromatic rings. The zero-order valence-corrected chi connectivity index (χ0v) is 14.7. The van der Waals surface area contributed by atoms with Crippen LogP contribution in [-0.2, 0) is 0 Å². The van der Waals surface area contributed by atoms with Gasteiger partial charge in [0.2, 0.25) is 5.75 Å². The lowest BCUT2D eigenvalue weighted by Gasteiger charge is -2.18. The van der Waals surface area contributed by atoms with Gasteiger partial charge in [0.15, 0.2) is 11.5 Å². The van der Waals surface area contributed by atoms with Crippen LogP contribution in [-0.4, -0.2) is 31.9 Å². The summed E-state index contributed by atoms with van der Waals surface area (Å²) in [4.78, 5) is 12.0. The lowest BCUT2D eigenvalue weighted by Crippen LogP contribution is -2.35. The minimum Gasteiger partial charge on any atom is -0.490 e. The van der Waals surface area contributed by atoms with Gasteiger partial charge in [-0.3, -0.25) is 0 Å². The van der Waals surface area contributed by atoms with Crippen LogP contribution in [0.2, 0.25) is 0 Å². The van der Waals surface area contributed by atoms with Gasteiger partial charge >= 0.3 is 6.03 Å². The number of amides is 2. The molecule has 0 saturated heterocycles. The maximum atomic E-state index is 12.0. The third-order valence-electron chi connectivity index (χ3n) is 3.16. The van der Waals surface area contributed by atoms with Crippen molar-refractivity contribution in [2.24, 2.45) is 0 Å². The van der Waals surface area contributed by atoms with Gasteiger partial charge in [0, 0.05) is 18.2 Å². The third-order valence-corrected chi connectivity index (χ3v) is 3.16. The van der Waals surface area contributed by atoms with Crippen LogP contribution in [0.1, 0.15) is 41.0 Å². The van der Waals surface area contributed by atoms with E-state index >= 15 is 0 Å². The second-order valence-electron chi connectivity index (χ2n) is 5.01. The largest absolute Gasteiger partial charge is 0.490 e. The smallest absolute Gasteiger partial charge is 0.319 e. The first kappa shape index (κ1) is 18.9. The molecule has 2 N–H and O–H groups in total. The van der Waals surface area contributed by atoms with Gasteiger partial charge in [0.25, 0.3) is 0 Å². The van der Waals surface area contributed by atoms with Crippen LogP contribution in [0.3, 0.4) is 0 Å². The van der Waals surface area contributed by atoms with E-state index in [1.165, 1.54) is 0 Å². The molecule has 1 atom stereocenters. The van der Waals surface area contributed by atoms with Gasteiger partial charge in [-0.1, -0.05) is 6.92 Å². The van der Waals surface area contributed by atoms with Crippen LogP contribution in [0, 0.1) is 0 Å². The normalized spacial score (nSPS) is 11.5. The van der Waals surface area contributed by atoms with Crippen molar-refractivity contribution in [3.05, 3.63) is 12.1 Å². The van der Waals surface area contributed by atoms with E-state index in [4.69, 9.17) is 14.2 Å². The summed E-state index contributed by atoms with van der Waals surface area (Å²) < 4.78 is 16.9. The SMILES string of the molecule is CCOc1cc(NC(=O)NC(C)CC)cc(OCC)c1OCC. The maximum Gasteiger partial charge on any atom is 0.319 e. The quantitative estimate of drug-likeness (QED) is 0.725. The molecule has 1 rings (SSSR count). The van der Waals surface area contributed by atoms with Crippen molar-refractivity contribution < 1.29 is 19.0 Å². The first-order valence-corrected chi connectivity index (χ1v) is 8.19. The standard InChI is InChI=1S/C17H28N2O4/c1-6-12(5)18-17(20)19-13-10-14(21-7-2)16(23-9-4)15(11-13)22-8-3/h10-12H,6-9H2,1-5H3,(H2,18,19,20). The van der Waals surface area contributed by atoms with Crippen LogP contribution < -0.4 is 24.8 Å². The van der Waals surface area contributed by atoms with Crippen molar-refractivity contribution in [1.29, 1.82) is 0 Å². The number of hydrogen-bond donors (Lipinski definition) is 2. The third kappa shape index (κ3) is 5.88. The van der Waals surface area contributed by atoms with E-state index in [1.54, 1.807) is 12.1 Å². The summed E-state index contributed by atoms with van der Waals surface area (Å²) in [5.41, 5.74) is 0.598. The van der Waals surface area contributed by atoms with Gasteiger partial charge in [0.05, 0.1) is 25.5 Å². The number of carbonyl (C=O) groups excluding carboxylic acids is 1. The number of nitrogens with one attached hydrogen (secondary N) is 2. The van der Waals surface area contributed by atoms with Gasteiger partial charge in [0.1, 0.15) is 0 Å². The molecule has 6 nitrogen and oxygen atoms in total. The molecule has 130 valence electrons. The van der Waals surface area contributed by atoms with Gasteiger partial charge in [-0.25, -0.2) is 4.79 Å². The fraction of sp³-hybridized carbons (Fsp3) is 0.588. The molecule has 0 fully saturated rings. The van der Waals surface area contributed by atoms with Crippen LogP contribution in [0.4, 0.5) is 10.5 Å². The fourth-order valence-electron chi connectivity index (χ4n) is 1.95. The Morgan fingerprint density at radius 1 is 1.00 bits per heavy atom. The molecule has 0 heterocycles. The summed E-state index contributed by atoms with van der Waals surface area (Å²) in [7, 11) is 0. The molecule has 23 heavy (non-hydrogen) atoms. The summed E-state index contributed by atoms with van der Waals surface area (Å²) in [5, 5.41) is 5.67. The Bertz CT molecular complexity index is 478. The lowest BCUT2D eigenvalue weighted by molar-refractivity contribution is 0.248. The molecule has 0 bridgehead atoms. The van der Waals surface area contributed by atoms with Crippen molar-refractivity contribution in [1.82, 2.24) is 5.32 Å². The highest BCUT2D eigenvalue weighted by molar-refractivity contribution is 5.90. The van der Waals surface area contributed by atoms with Crippen molar-refractivity contribution >= 4 is 11.7 Å². The molecule has 0 spiro atoms. The van der Waals surface area contributed by atoms with Crippen molar-refractivity contribution in [3.63, 3.8) is 0 Å². The van der Waals surface area contributed by atoms with E-state index < -0.39 is 0 Å². The Hall–Kier alpha value is -2.11. The Morgan fingerprint density at radius 2 is 1.52 bits per heavy atom. The van der Waals surface area contributed by atoms with Gasteiger partial charge in [-0.05, 0) is 34.1 Å². The predicted molar refractivity (Wildman–Crippen MR) is 91.9 cm³/mol. The van der Waals surface area contributed by atoms with E-state index in [0.717, 1.165) is 6.42 Å². The Balaban J connectivity index is 3.05. The second-order valence-corrected chi connectivity index (χ2v) is 5.01. The molecule has 0 aliphatic heterocycles. The maximum absolute atomic E-state index is 12.0. The van der Waals surface area contributed by atoms with E-state index in [0.29, 0.717) is 42.8 Å². The molecule has 0 radical (unpaired) electrons. The summed E-state index contributed by atoms with van der Waals surface area (Å²) in [6.45, 7) is 11.1. The van der Waals surface area contributed by atoms with Crippen LogP contribution in [0.15, 0.2) is 12.1 Å². The predicted octanol–water partition coefficient (Wildman–Crippen LogP) is 3.80.